The van der Waals surface area contributed by atoms with Gasteiger partial charge in [0.05, 0.1) is 12.2 Å². The molecular weight excluding hydrogens is 226 g/mol. The normalized spacial score (nSPS) is 21.0. The first-order valence-corrected chi connectivity index (χ1v) is 6.69. The van der Waals surface area contributed by atoms with E-state index in [-0.39, 0.29) is 11.6 Å². The maximum absolute atomic E-state index is 6.05. The second-order valence-electron chi connectivity index (χ2n) is 5.42. The van der Waals surface area contributed by atoms with Crippen molar-refractivity contribution in [2.75, 3.05) is 13.7 Å². The predicted molar refractivity (Wildman–Crippen MR) is 73.4 cm³/mol. The van der Waals surface area contributed by atoms with Gasteiger partial charge in [0.15, 0.2) is 0 Å². The van der Waals surface area contributed by atoms with E-state index in [0.717, 1.165) is 36.5 Å². The number of fused-ring (bicyclic) bond motifs is 1. The molecule has 100 valence electrons. The van der Waals surface area contributed by atoms with Gasteiger partial charge in [-0.3, -0.25) is 0 Å². The third-order valence-corrected chi connectivity index (χ3v) is 3.27. The van der Waals surface area contributed by atoms with Crippen LogP contribution in [0.15, 0.2) is 18.2 Å². The maximum Gasteiger partial charge on any atom is 0.128 e. The van der Waals surface area contributed by atoms with E-state index < -0.39 is 0 Å². The molecule has 18 heavy (non-hydrogen) atoms. The summed E-state index contributed by atoms with van der Waals surface area (Å²) in [6.45, 7) is 7.11. The lowest BCUT2D eigenvalue weighted by atomic mass is 9.89. The summed E-state index contributed by atoms with van der Waals surface area (Å²) in [7, 11) is 1.99. The van der Waals surface area contributed by atoms with Crippen LogP contribution in [0.25, 0.3) is 0 Å². The second kappa shape index (κ2) is 5.19. The molecule has 3 nitrogen and oxygen atoms in total. The molecule has 1 aliphatic heterocycles. The van der Waals surface area contributed by atoms with Gasteiger partial charge in [-0.2, -0.15) is 0 Å². The molecule has 0 saturated carbocycles. The summed E-state index contributed by atoms with van der Waals surface area (Å²) in [5.41, 5.74) is 1.03. The Hall–Kier alpha value is -1.22. The zero-order valence-electron chi connectivity index (χ0n) is 11.7. The van der Waals surface area contributed by atoms with Gasteiger partial charge in [0, 0.05) is 12.5 Å². The van der Waals surface area contributed by atoms with Crippen molar-refractivity contribution in [3.05, 3.63) is 23.8 Å². The molecule has 2 rings (SSSR count). The van der Waals surface area contributed by atoms with Crippen LogP contribution in [0.1, 0.15) is 45.2 Å². The van der Waals surface area contributed by atoms with Crippen LogP contribution in [0, 0.1) is 0 Å². The molecule has 1 N–H and O–H groups in total. The molecule has 0 saturated heterocycles. The molecule has 1 heterocycles. The number of ether oxygens (including phenoxy) is 2. The van der Waals surface area contributed by atoms with E-state index in [2.05, 4.69) is 26.1 Å². The van der Waals surface area contributed by atoms with Crippen molar-refractivity contribution >= 4 is 0 Å². The van der Waals surface area contributed by atoms with Gasteiger partial charge < -0.3 is 14.8 Å². The summed E-state index contributed by atoms with van der Waals surface area (Å²) < 4.78 is 11.9. The molecule has 0 spiro atoms. The van der Waals surface area contributed by atoms with Gasteiger partial charge in [-0.1, -0.05) is 13.0 Å². The maximum atomic E-state index is 6.05. The SMILES string of the molecule is CCCOc1cccc2c1C(NC)CC(C)(C)O2. The molecule has 1 aliphatic rings. The number of hydrogen-bond donors (Lipinski definition) is 1. The standard InChI is InChI=1S/C15H23NO2/c1-5-9-17-12-7-6-8-13-14(12)11(16-4)10-15(2,3)18-13/h6-8,11,16H,5,9-10H2,1-4H3. The molecule has 0 radical (unpaired) electrons. The monoisotopic (exact) mass is 249 g/mol. The van der Waals surface area contributed by atoms with Crippen LogP contribution < -0.4 is 14.8 Å². The fourth-order valence-electron chi connectivity index (χ4n) is 2.47. The summed E-state index contributed by atoms with van der Waals surface area (Å²) in [6, 6.07) is 6.34. The molecule has 0 bridgehead atoms. The van der Waals surface area contributed by atoms with E-state index in [0.29, 0.717) is 0 Å². The van der Waals surface area contributed by atoms with E-state index in [1.165, 1.54) is 0 Å². The minimum absolute atomic E-state index is 0.135. The van der Waals surface area contributed by atoms with Crippen molar-refractivity contribution < 1.29 is 9.47 Å². The number of nitrogens with one attached hydrogen (secondary N) is 1. The zero-order chi connectivity index (χ0) is 13.2. The van der Waals surface area contributed by atoms with Crippen molar-refractivity contribution in [3.8, 4) is 11.5 Å². The molecule has 1 unspecified atom stereocenters. The average Bonchev–Trinajstić information content (AvgIpc) is 2.33. The first-order chi connectivity index (χ1) is 8.57. The Labute approximate surface area is 109 Å². The van der Waals surface area contributed by atoms with Crippen LogP contribution in [0.5, 0.6) is 11.5 Å². The van der Waals surface area contributed by atoms with Crippen LogP contribution in [0.2, 0.25) is 0 Å². The van der Waals surface area contributed by atoms with E-state index >= 15 is 0 Å². The molecule has 1 aromatic carbocycles. The Balaban J connectivity index is 2.37. The van der Waals surface area contributed by atoms with Gasteiger partial charge in [0.1, 0.15) is 17.1 Å². The van der Waals surface area contributed by atoms with Gasteiger partial charge in [-0.15, -0.1) is 0 Å². The Bertz CT molecular complexity index is 415. The Morgan fingerprint density at radius 1 is 1.44 bits per heavy atom. The average molecular weight is 249 g/mol. The van der Waals surface area contributed by atoms with Crippen molar-refractivity contribution in [3.63, 3.8) is 0 Å². The van der Waals surface area contributed by atoms with Gasteiger partial charge in [0.25, 0.3) is 0 Å². The van der Waals surface area contributed by atoms with E-state index in [1.54, 1.807) is 0 Å². The summed E-state index contributed by atoms with van der Waals surface area (Å²) in [6.07, 6.45) is 1.96. The highest BCUT2D eigenvalue weighted by Gasteiger charge is 2.34. The van der Waals surface area contributed by atoms with Gasteiger partial charge >= 0.3 is 0 Å². The van der Waals surface area contributed by atoms with Crippen molar-refractivity contribution in [2.45, 2.75) is 45.3 Å². The lowest BCUT2D eigenvalue weighted by Crippen LogP contribution is -2.38. The first-order valence-electron chi connectivity index (χ1n) is 6.69. The van der Waals surface area contributed by atoms with Crippen LogP contribution in [-0.4, -0.2) is 19.3 Å². The third-order valence-electron chi connectivity index (χ3n) is 3.27. The molecule has 1 aromatic rings. The largest absolute Gasteiger partial charge is 0.493 e. The van der Waals surface area contributed by atoms with Crippen molar-refractivity contribution in [2.24, 2.45) is 0 Å². The topological polar surface area (TPSA) is 30.5 Å². The summed E-state index contributed by atoms with van der Waals surface area (Å²) >= 11 is 0. The highest BCUT2D eigenvalue weighted by Crippen LogP contribution is 2.43. The smallest absolute Gasteiger partial charge is 0.128 e. The number of hydrogen-bond acceptors (Lipinski definition) is 3. The third kappa shape index (κ3) is 2.61. The molecule has 0 aromatic heterocycles. The van der Waals surface area contributed by atoms with Gasteiger partial charge in [0.2, 0.25) is 0 Å². The highest BCUT2D eigenvalue weighted by molar-refractivity contribution is 5.48. The number of benzene rings is 1. The van der Waals surface area contributed by atoms with E-state index in [9.17, 15) is 0 Å². The van der Waals surface area contributed by atoms with Gasteiger partial charge in [-0.25, -0.2) is 0 Å². The number of rotatable bonds is 4. The minimum atomic E-state index is -0.135. The van der Waals surface area contributed by atoms with Crippen LogP contribution in [0.4, 0.5) is 0 Å². The van der Waals surface area contributed by atoms with E-state index in [1.807, 2.05) is 25.2 Å². The fraction of sp³-hybridized carbons (Fsp3) is 0.600. The Morgan fingerprint density at radius 3 is 2.89 bits per heavy atom. The molecule has 0 aliphatic carbocycles. The Morgan fingerprint density at radius 2 is 2.22 bits per heavy atom. The summed E-state index contributed by atoms with van der Waals surface area (Å²) in [4.78, 5) is 0. The molecule has 3 heteroatoms. The van der Waals surface area contributed by atoms with Crippen molar-refractivity contribution in [1.82, 2.24) is 5.32 Å². The lowest BCUT2D eigenvalue weighted by Gasteiger charge is -2.38. The zero-order valence-corrected chi connectivity index (χ0v) is 11.7. The quantitative estimate of drug-likeness (QED) is 0.888. The minimum Gasteiger partial charge on any atom is -0.493 e. The van der Waals surface area contributed by atoms with Crippen LogP contribution >= 0.6 is 0 Å². The Kier molecular flexibility index (Phi) is 3.81. The van der Waals surface area contributed by atoms with Crippen LogP contribution in [0.3, 0.4) is 0 Å². The van der Waals surface area contributed by atoms with Crippen molar-refractivity contribution in [1.29, 1.82) is 0 Å². The lowest BCUT2D eigenvalue weighted by molar-refractivity contribution is 0.0659. The van der Waals surface area contributed by atoms with Crippen LogP contribution in [-0.2, 0) is 0 Å². The highest BCUT2D eigenvalue weighted by atomic mass is 16.5. The first kappa shape index (κ1) is 13.2. The molecular formula is C15H23NO2. The fourth-order valence-corrected chi connectivity index (χ4v) is 2.47. The van der Waals surface area contributed by atoms with E-state index in [4.69, 9.17) is 9.47 Å². The predicted octanol–water partition coefficient (Wildman–Crippen LogP) is 3.30. The molecule has 0 fully saturated rings. The van der Waals surface area contributed by atoms with Gasteiger partial charge in [-0.05, 0) is 39.4 Å². The summed E-state index contributed by atoms with van der Waals surface area (Å²) in [5.74, 6) is 1.89. The second-order valence-corrected chi connectivity index (χ2v) is 5.42. The summed E-state index contributed by atoms with van der Waals surface area (Å²) in [5, 5.41) is 3.37. The molecule has 1 atom stereocenters. The molecule has 0 amide bonds.